The summed E-state index contributed by atoms with van der Waals surface area (Å²) < 4.78 is 0. The summed E-state index contributed by atoms with van der Waals surface area (Å²) in [5.74, 6) is 2.60. The minimum Gasteiger partial charge on any atom is -0.280 e. The molecule has 0 saturated heterocycles. The van der Waals surface area contributed by atoms with Crippen molar-refractivity contribution < 1.29 is 5.21 Å². The van der Waals surface area contributed by atoms with Crippen LogP contribution in [0.5, 0.6) is 0 Å². The summed E-state index contributed by atoms with van der Waals surface area (Å²) in [6.07, 6.45) is 0. The van der Waals surface area contributed by atoms with Crippen molar-refractivity contribution in [2.24, 2.45) is 0 Å². The van der Waals surface area contributed by atoms with E-state index in [1.54, 1.807) is 6.92 Å². The lowest BCUT2D eigenvalue weighted by Gasteiger charge is -2.24. The maximum atomic E-state index is 9.05. The summed E-state index contributed by atoms with van der Waals surface area (Å²) in [7, 11) is 0. The fraction of sp³-hybridized carbons (Fsp3) is 0.714. The highest BCUT2D eigenvalue weighted by atomic mass is 16.5. The van der Waals surface area contributed by atoms with Crippen molar-refractivity contribution in [1.29, 1.82) is 0 Å². The van der Waals surface area contributed by atoms with E-state index < -0.39 is 0 Å². The molecule has 1 N–H and O–H groups in total. The van der Waals surface area contributed by atoms with Gasteiger partial charge in [-0.1, -0.05) is 5.92 Å². The van der Waals surface area contributed by atoms with E-state index >= 15 is 0 Å². The minimum absolute atomic E-state index is 0.275. The quantitative estimate of drug-likeness (QED) is 0.302. The molecule has 52 valence electrons. The third-order valence-corrected chi connectivity index (χ3v) is 0.853. The summed E-state index contributed by atoms with van der Waals surface area (Å²) in [6.45, 7) is 7.35. The van der Waals surface area contributed by atoms with Crippen LogP contribution in [0.2, 0.25) is 0 Å². The SMILES string of the molecule is CC#CN(O)C(C)(C)C. The fourth-order valence-electron chi connectivity index (χ4n) is 0.274. The van der Waals surface area contributed by atoms with Crippen LogP contribution in [0.3, 0.4) is 0 Å². The minimum atomic E-state index is -0.275. The zero-order valence-electron chi connectivity index (χ0n) is 6.39. The Labute approximate surface area is 56.4 Å². The van der Waals surface area contributed by atoms with Crippen LogP contribution in [-0.2, 0) is 0 Å². The topological polar surface area (TPSA) is 23.5 Å². The Bertz CT molecular complexity index is 135. The predicted octanol–water partition coefficient (Wildman–Crippen LogP) is 1.46. The Balaban J connectivity index is 3.99. The Morgan fingerprint density at radius 3 is 1.89 bits per heavy atom. The van der Waals surface area contributed by atoms with E-state index in [0.29, 0.717) is 0 Å². The predicted molar refractivity (Wildman–Crippen MR) is 36.8 cm³/mol. The lowest BCUT2D eigenvalue weighted by molar-refractivity contribution is -0.0978. The molecule has 0 saturated carbocycles. The average molecular weight is 127 g/mol. The molecule has 0 aliphatic carbocycles. The third-order valence-electron chi connectivity index (χ3n) is 0.853. The fourth-order valence-corrected chi connectivity index (χ4v) is 0.274. The third kappa shape index (κ3) is 2.99. The molecule has 0 unspecified atom stereocenters. The zero-order valence-corrected chi connectivity index (χ0v) is 6.39. The molecular formula is C7H13NO. The molecule has 0 aromatic rings. The number of hydrogen-bond acceptors (Lipinski definition) is 2. The molecule has 2 heteroatoms. The van der Waals surface area contributed by atoms with Gasteiger partial charge in [-0.3, -0.25) is 5.21 Å². The molecule has 0 bridgehead atoms. The summed E-state index contributed by atoms with van der Waals surface area (Å²) in [5.41, 5.74) is -0.275. The molecule has 0 aromatic heterocycles. The van der Waals surface area contributed by atoms with E-state index in [0.717, 1.165) is 5.06 Å². The first-order valence-corrected chi connectivity index (χ1v) is 2.90. The molecule has 9 heavy (non-hydrogen) atoms. The lowest BCUT2D eigenvalue weighted by atomic mass is 10.1. The van der Waals surface area contributed by atoms with Crippen molar-refractivity contribution in [3.05, 3.63) is 0 Å². The van der Waals surface area contributed by atoms with E-state index in [-0.39, 0.29) is 5.54 Å². The van der Waals surface area contributed by atoms with Crippen LogP contribution in [0.1, 0.15) is 27.7 Å². The van der Waals surface area contributed by atoms with Gasteiger partial charge < -0.3 is 0 Å². The van der Waals surface area contributed by atoms with Gasteiger partial charge in [0.15, 0.2) is 0 Å². The Kier molecular flexibility index (Phi) is 2.54. The van der Waals surface area contributed by atoms with Gasteiger partial charge in [-0.25, -0.2) is 5.06 Å². The lowest BCUT2D eigenvalue weighted by Crippen LogP contribution is -2.34. The van der Waals surface area contributed by atoms with Crippen LogP contribution >= 0.6 is 0 Å². The van der Waals surface area contributed by atoms with Gasteiger partial charge in [0.1, 0.15) is 0 Å². The van der Waals surface area contributed by atoms with Gasteiger partial charge in [-0.05, 0) is 27.7 Å². The van der Waals surface area contributed by atoms with E-state index in [4.69, 9.17) is 5.21 Å². The Morgan fingerprint density at radius 1 is 1.33 bits per heavy atom. The summed E-state index contributed by atoms with van der Waals surface area (Å²) >= 11 is 0. The molecular weight excluding hydrogens is 114 g/mol. The van der Waals surface area contributed by atoms with Gasteiger partial charge in [-0.15, -0.1) is 0 Å². The largest absolute Gasteiger partial charge is 0.280 e. The molecule has 0 heterocycles. The first-order valence-electron chi connectivity index (χ1n) is 2.90. The van der Waals surface area contributed by atoms with Crippen LogP contribution < -0.4 is 0 Å². The van der Waals surface area contributed by atoms with E-state index in [9.17, 15) is 0 Å². The highest BCUT2D eigenvalue weighted by Gasteiger charge is 2.15. The normalized spacial score (nSPS) is 9.89. The van der Waals surface area contributed by atoms with E-state index in [2.05, 4.69) is 12.0 Å². The van der Waals surface area contributed by atoms with Crippen molar-refractivity contribution in [2.75, 3.05) is 0 Å². The van der Waals surface area contributed by atoms with Gasteiger partial charge >= 0.3 is 0 Å². The maximum absolute atomic E-state index is 9.05. The van der Waals surface area contributed by atoms with Crippen molar-refractivity contribution in [2.45, 2.75) is 33.2 Å². The summed E-state index contributed by atoms with van der Waals surface area (Å²) in [6, 6.07) is 2.52. The van der Waals surface area contributed by atoms with Crippen LogP contribution in [0, 0.1) is 12.0 Å². The number of rotatable bonds is 0. The number of hydroxylamine groups is 2. The molecule has 0 fully saturated rings. The van der Waals surface area contributed by atoms with Crippen LogP contribution in [0.25, 0.3) is 0 Å². The van der Waals surface area contributed by atoms with E-state index in [1.165, 1.54) is 0 Å². The Morgan fingerprint density at radius 2 is 1.78 bits per heavy atom. The molecule has 0 aliphatic heterocycles. The van der Waals surface area contributed by atoms with Gasteiger partial charge in [0.2, 0.25) is 0 Å². The van der Waals surface area contributed by atoms with Crippen molar-refractivity contribution in [3.63, 3.8) is 0 Å². The second-order valence-electron chi connectivity index (χ2n) is 2.84. The van der Waals surface area contributed by atoms with Gasteiger partial charge in [0.25, 0.3) is 0 Å². The van der Waals surface area contributed by atoms with Gasteiger partial charge in [0, 0.05) is 6.04 Å². The highest BCUT2D eigenvalue weighted by molar-refractivity contribution is 4.95. The molecule has 0 aliphatic rings. The molecule has 0 amide bonds. The summed E-state index contributed by atoms with van der Waals surface area (Å²) in [4.78, 5) is 0. The van der Waals surface area contributed by atoms with Crippen LogP contribution in [0.15, 0.2) is 0 Å². The molecule has 0 rings (SSSR count). The Hall–Kier alpha value is -0.680. The molecule has 0 spiro atoms. The van der Waals surface area contributed by atoms with Crippen molar-refractivity contribution in [3.8, 4) is 12.0 Å². The molecule has 0 radical (unpaired) electrons. The van der Waals surface area contributed by atoms with Gasteiger partial charge in [0.05, 0.1) is 5.54 Å². The summed E-state index contributed by atoms with van der Waals surface area (Å²) in [5, 5.41) is 10.1. The zero-order chi connectivity index (χ0) is 7.49. The molecule has 2 nitrogen and oxygen atoms in total. The molecule has 0 atom stereocenters. The second kappa shape index (κ2) is 2.75. The van der Waals surface area contributed by atoms with E-state index in [1.807, 2.05) is 20.8 Å². The van der Waals surface area contributed by atoms with Crippen molar-refractivity contribution >= 4 is 0 Å². The second-order valence-corrected chi connectivity index (χ2v) is 2.84. The van der Waals surface area contributed by atoms with Crippen LogP contribution in [0.4, 0.5) is 0 Å². The number of nitrogens with zero attached hydrogens (tertiary/aromatic N) is 1. The smallest absolute Gasteiger partial charge is 0.0675 e. The van der Waals surface area contributed by atoms with Crippen LogP contribution in [-0.4, -0.2) is 15.8 Å². The number of hydrogen-bond donors (Lipinski definition) is 1. The first-order chi connectivity index (χ1) is 3.98. The highest BCUT2D eigenvalue weighted by Crippen LogP contribution is 2.07. The van der Waals surface area contributed by atoms with Crippen molar-refractivity contribution in [1.82, 2.24) is 5.06 Å². The maximum Gasteiger partial charge on any atom is 0.0675 e. The standard InChI is InChI=1S/C7H13NO/c1-5-6-8(9)7(2,3)4/h9H,1-4H3. The monoisotopic (exact) mass is 127 g/mol. The average Bonchev–Trinajstić information content (AvgIpc) is 1.64. The first kappa shape index (κ1) is 8.32. The molecule has 0 aromatic carbocycles. The van der Waals surface area contributed by atoms with Gasteiger partial charge in [-0.2, -0.15) is 0 Å².